The summed E-state index contributed by atoms with van der Waals surface area (Å²) in [6.07, 6.45) is 0. The quantitative estimate of drug-likeness (QED) is 0.182. The molecule has 0 saturated heterocycles. The highest BCUT2D eigenvalue weighted by Gasteiger charge is 2.20. The Balaban J connectivity index is 1.33. The first-order valence-corrected chi connectivity index (χ1v) is 15.5. The third kappa shape index (κ3) is 3.84. The Morgan fingerprint density at radius 3 is 1.39 bits per heavy atom. The average Bonchev–Trinajstić information content (AvgIpc) is 3.64. The van der Waals surface area contributed by atoms with Crippen LogP contribution in [0.2, 0.25) is 0 Å². The zero-order chi connectivity index (χ0) is 30.6. The lowest BCUT2D eigenvalue weighted by Gasteiger charge is -2.19. The zero-order valence-electron chi connectivity index (χ0n) is 24.9. The van der Waals surface area contributed by atoms with Crippen LogP contribution in [-0.2, 0) is 0 Å². The van der Waals surface area contributed by atoms with Gasteiger partial charge in [0.25, 0.3) is 0 Å². The fourth-order valence-corrected chi connectivity index (χ4v) is 7.21. The first-order valence-electron chi connectivity index (χ1n) is 15.5. The number of fused-ring (bicyclic) bond motifs is 6. The van der Waals surface area contributed by atoms with Crippen LogP contribution in [0.4, 0.5) is 5.69 Å². The molecule has 0 unspecified atom stereocenters. The van der Waals surface area contributed by atoms with Gasteiger partial charge >= 0.3 is 0 Å². The lowest BCUT2D eigenvalue weighted by molar-refractivity contribution is 1.17. The van der Waals surface area contributed by atoms with Gasteiger partial charge in [-0.2, -0.15) is 0 Å². The predicted molar refractivity (Wildman–Crippen MR) is 192 cm³/mol. The third-order valence-electron chi connectivity index (χ3n) is 9.17. The van der Waals surface area contributed by atoms with Gasteiger partial charge in [0.05, 0.1) is 34.3 Å². The molecule has 0 radical (unpaired) electrons. The largest absolute Gasteiger partial charge is 0.309 e. The molecule has 46 heavy (non-hydrogen) atoms. The summed E-state index contributed by atoms with van der Waals surface area (Å²) in [5.41, 5.74) is 11.7. The summed E-state index contributed by atoms with van der Waals surface area (Å²) in [6, 6.07) is 57.8. The van der Waals surface area contributed by atoms with Crippen LogP contribution in [0.5, 0.6) is 0 Å². The van der Waals surface area contributed by atoms with Crippen molar-refractivity contribution in [3.63, 3.8) is 0 Å². The van der Waals surface area contributed by atoms with Crippen molar-refractivity contribution in [2.75, 3.05) is 0 Å². The van der Waals surface area contributed by atoms with E-state index in [9.17, 15) is 0 Å². The normalized spacial score (nSPS) is 11.5. The molecule has 9 rings (SSSR count). The van der Waals surface area contributed by atoms with Crippen molar-refractivity contribution in [2.24, 2.45) is 0 Å². The van der Waals surface area contributed by atoms with E-state index in [0.717, 1.165) is 44.7 Å². The molecular formula is C43H27N3. The fourth-order valence-electron chi connectivity index (χ4n) is 7.21. The summed E-state index contributed by atoms with van der Waals surface area (Å²) in [6.45, 7) is 7.97. The molecule has 214 valence electrons. The van der Waals surface area contributed by atoms with Gasteiger partial charge in [0.1, 0.15) is 0 Å². The van der Waals surface area contributed by atoms with Crippen LogP contribution < -0.4 is 0 Å². The van der Waals surface area contributed by atoms with E-state index in [2.05, 4.69) is 160 Å². The van der Waals surface area contributed by atoms with Gasteiger partial charge < -0.3 is 9.13 Å². The summed E-state index contributed by atoms with van der Waals surface area (Å²) in [7, 11) is 0. The maximum Gasteiger partial charge on any atom is 0.194 e. The van der Waals surface area contributed by atoms with Crippen LogP contribution in [0.25, 0.3) is 82.1 Å². The highest BCUT2D eigenvalue weighted by Crippen LogP contribution is 2.44. The van der Waals surface area contributed by atoms with Crippen molar-refractivity contribution in [3.8, 4) is 33.6 Å². The molecule has 7 aromatic carbocycles. The molecule has 0 aliphatic heterocycles. The number of nitrogens with zero attached hydrogens (tertiary/aromatic N) is 3. The van der Waals surface area contributed by atoms with E-state index in [-0.39, 0.29) is 0 Å². The van der Waals surface area contributed by atoms with Crippen LogP contribution in [0, 0.1) is 6.57 Å². The standard InChI is InChI=1S/C43H27N3/c1-44-37-19-7-2-13-31(37)36-18-12-24-42(46-40-22-10-5-16-34(40)35-17-6-11-23-41(35)46)43(36)29-25-27-30(28-26-29)45-38-20-8-3-14-32(38)33-15-4-9-21-39(33)45/h2-28H. The molecule has 0 spiro atoms. The Labute approximate surface area is 266 Å². The number of benzene rings is 7. The highest BCUT2D eigenvalue weighted by atomic mass is 15.0. The number of rotatable bonds is 4. The molecule has 0 aliphatic carbocycles. The molecule has 2 heterocycles. The number of aromatic nitrogens is 2. The van der Waals surface area contributed by atoms with Crippen molar-refractivity contribution in [1.82, 2.24) is 9.13 Å². The van der Waals surface area contributed by atoms with Crippen LogP contribution in [0.15, 0.2) is 164 Å². The summed E-state index contributed by atoms with van der Waals surface area (Å²) >= 11 is 0. The second-order valence-corrected chi connectivity index (χ2v) is 11.6. The average molecular weight is 586 g/mol. The molecule has 2 aromatic heterocycles. The molecule has 0 N–H and O–H groups in total. The van der Waals surface area contributed by atoms with Crippen molar-refractivity contribution in [3.05, 3.63) is 175 Å². The Kier molecular flexibility index (Phi) is 5.88. The first-order chi connectivity index (χ1) is 22.8. The van der Waals surface area contributed by atoms with E-state index < -0.39 is 0 Å². The molecule has 0 bridgehead atoms. The lowest BCUT2D eigenvalue weighted by Crippen LogP contribution is -2.00. The molecule has 9 aromatic rings. The Hall–Kier alpha value is -6.37. The van der Waals surface area contributed by atoms with E-state index in [1.54, 1.807) is 0 Å². The second-order valence-electron chi connectivity index (χ2n) is 11.6. The molecule has 0 atom stereocenters. The van der Waals surface area contributed by atoms with Gasteiger partial charge in [0.15, 0.2) is 5.69 Å². The van der Waals surface area contributed by atoms with Gasteiger partial charge in [-0.25, -0.2) is 4.85 Å². The molecule has 0 saturated carbocycles. The molecular weight excluding hydrogens is 558 g/mol. The molecule has 3 heteroatoms. The summed E-state index contributed by atoms with van der Waals surface area (Å²) in [4.78, 5) is 3.92. The van der Waals surface area contributed by atoms with Crippen molar-refractivity contribution in [1.29, 1.82) is 0 Å². The minimum absolute atomic E-state index is 0.644. The maximum atomic E-state index is 7.97. The number of hydrogen-bond donors (Lipinski definition) is 0. The van der Waals surface area contributed by atoms with Gasteiger partial charge in [-0.05, 0) is 59.2 Å². The van der Waals surface area contributed by atoms with Crippen molar-refractivity contribution in [2.45, 2.75) is 0 Å². The van der Waals surface area contributed by atoms with E-state index in [1.807, 2.05) is 18.2 Å². The van der Waals surface area contributed by atoms with Gasteiger partial charge in [0, 0.05) is 32.8 Å². The zero-order valence-corrected chi connectivity index (χ0v) is 24.9. The van der Waals surface area contributed by atoms with Gasteiger partial charge in [-0.1, -0.05) is 121 Å². The highest BCUT2D eigenvalue weighted by molar-refractivity contribution is 6.11. The van der Waals surface area contributed by atoms with Crippen molar-refractivity contribution >= 4 is 49.3 Å². The topological polar surface area (TPSA) is 14.2 Å². The van der Waals surface area contributed by atoms with E-state index in [0.29, 0.717) is 5.69 Å². The molecule has 3 nitrogen and oxygen atoms in total. The first kappa shape index (κ1) is 26.1. The van der Waals surface area contributed by atoms with Crippen LogP contribution >= 0.6 is 0 Å². The SMILES string of the molecule is [C-]#[N+]c1ccccc1-c1cccc(-n2c3ccccc3c3ccccc32)c1-c1ccc(-n2c3ccccc3c3ccccc32)cc1. The molecule has 0 amide bonds. The summed E-state index contributed by atoms with van der Waals surface area (Å²) < 4.78 is 4.73. The van der Waals surface area contributed by atoms with Gasteiger partial charge in [-0.3, -0.25) is 0 Å². The second kappa shape index (κ2) is 10.4. The lowest BCUT2D eigenvalue weighted by atomic mass is 9.91. The Morgan fingerprint density at radius 2 is 0.848 bits per heavy atom. The van der Waals surface area contributed by atoms with E-state index in [4.69, 9.17) is 6.57 Å². The maximum absolute atomic E-state index is 7.97. The summed E-state index contributed by atoms with van der Waals surface area (Å²) in [5.74, 6) is 0. The van der Waals surface area contributed by atoms with E-state index in [1.165, 1.54) is 32.6 Å². The van der Waals surface area contributed by atoms with Gasteiger partial charge in [-0.15, -0.1) is 0 Å². The fraction of sp³-hybridized carbons (Fsp3) is 0. The predicted octanol–water partition coefficient (Wildman–Crippen LogP) is 11.8. The molecule has 0 fully saturated rings. The van der Waals surface area contributed by atoms with Crippen LogP contribution in [0.3, 0.4) is 0 Å². The number of hydrogen-bond acceptors (Lipinski definition) is 0. The third-order valence-corrected chi connectivity index (χ3v) is 9.17. The van der Waals surface area contributed by atoms with Crippen LogP contribution in [-0.4, -0.2) is 9.13 Å². The van der Waals surface area contributed by atoms with Gasteiger partial charge in [0.2, 0.25) is 0 Å². The minimum atomic E-state index is 0.644. The summed E-state index contributed by atoms with van der Waals surface area (Å²) in [5, 5.41) is 4.93. The Morgan fingerprint density at radius 1 is 0.391 bits per heavy atom. The molecule has 0 aliphatic rings. The van der Waals surface area contributed by atoms with E-state index >= 15 is 0 Å². The Bertz CT molecular complexity index is 2540. The van der Waals surface area contributed by atoms with Crippen molar-refractivity contribution < 1.29 is 0 Å². The monoisotopic (exact) mass is 585 g/mol. The smallest absolute Gasteiger partial charge is 0.194 e. The minimum Gasteiger partial charge on any atom is -0.309 e. The van der Waals surface area contributed by atoms with Crippen LogP contribution in [0.1, 0.15) is 0 Å². The number of para-hydroxylation sites is 5.